The second-order valence-corrected chi connectivity index (χ2v) is 11.5. The van der Waals surface area contributed by atoms with Crippen LogP contribution >= 0.6 is 7.82 Å². The van der Waals surface area contributed by atoms with Gasteiger partial charge in [-0.05, 0) is 57.2 Å². The molecule has 1 amide bonds. The van der Waals surface area contributed by atoms with Crippen LogP contribution in [-0.4, -0.2) is 71.6 Å². The normalized spacial score (nSPS) is 17.2. The maximum atomic E-state index is 13.1. The zero-order valence-corrected chi connectivity index (χ0v) is 24.6. The molecule has 0 spiro atoms. The van der Waals surface area contributed by atoms with Crippen molar-refractivity contribution in [2.24, 2.45) is 0 Å². The van der Waals surface area contributed by atoms with Crippen LogP contribution in [0.1, 0.15) is 30.7 Å². The smallest absolute Gasteiger partial charge is 0.459 e. The van der Waals surface area contributed by atoms with Gasteiger partial charge < -0.3 is 24.5 Å². The fraction of sp³-hybridized carbons (Fsp3) is 0.407. The molecule has 4 rings (SSSR count). The molecule has 0 saturated heterocycles. The van der Waals surface area contributed by atoms with Gasteiger partial charge in [-0.25, -0.2) is 9.55 Å². The molecule has 0 saturated carbocycles. The summed E-state index contributed by atoms with van der Waals surface area (Å²) in [6.07, 6.45) is 4.95. The maximum Gasteiger partial charge on any atom is 0.490 e. The minimum Gasteiger partial charge on any atom is -0.459 e. The molecule has 0 fully saturated rings. The number of methoxy groups -OCH3 is 1. The van der Waals surface area contributed by atoms with Crippen molar-refractivity contribution in [2.75, 3.05) is 44.3 Å². The van der Waals surface area contributed by atoms with E-state index in [4.69, 9.17) is 18.8 Å². The van der Waals surface area contributed by atoms with E-state index in [1.807, 2.05) is 61.4 Å². The quantitative estimate of drug-likeness (QED) is 0.0998. The van der Waals surface area contributed by atoms with E-state index in [2.05, 4.69) is 20.4 Å². The molecule has 2 aromatic heterocycles. The molecule has 1 aliphatic heterocycles. The first-order valence-electron chi connectivity index (χ1n) is 12.9. The number of nitrogens with one attached hydrogen (secondary N) is 2. The van der Waals surface area contributed by atoms with Gasteiger partial charge in [-0.15, -0.1) is 0 Å². The number of rotatable bonds is 13. The first-order valence-corrected chi connectivity index (χ1v) is 14.4. The van der Waals surface area contributed by atoms with Crippen molar-refractivity contribution in [2.45, 2.75) is 39.1 Å². The highest BCUT2D eigenvalue weighted by atomic mass is 31.2. The van der Waals surface area contributed by atoms with Crippen molar-refractivity contribution >= 4 is 42.3 Å². The van der Waals surface area contributed by atoms with E-state index in [9.17, 15) is 14.3 Å². The van der Waals surface area contributed by atoms with Gasteiger partial charge in [-0.1, -0.05) is 24.3 Å². The summed E-state index contributed by atoms with van der Waals surface area (Å²) in [6.45, 7) is 4.98. The molecule has 1 aromatic carbocycles. The number of hydrogen-bond donors (Lipinski definition) is 4. The highest BCUT2D eigenvalue weighted by molar-refractivity contribution is 7.47. The van der Waals surface area contributed by atoms with Crippen LogP contribution in [-0.2, 0) is 29.8 Å². The summed E-state index contributed by atoms with van der Waals surface area (Å²) in [7, 11) is -0.991. The number of benzene rings is 1. The Morgan fingerprint density at radius 1 is 1.34 bits per heavy atom. The number of aliphatic hydroxyl groups is 1. The summed E-state index contributed by atoms with van der Waals surface area (Å²) >= 11 is 0. The number of ether oxygens (including phenoxy) is 1. The number of hydroxylamine groups is 1. The standard InChI is InChI=1S/C27H36N5O8P/c1-18-20-8-6-7-9-22(20)39-23(18)16-31(4)24(37-5)11-10-19-14-21-25(28-15-19)32(26(34)27(2,3)30-21)17-38-41(35,36)40-29-12-13-33/h6-11,14-15,24,29-30,33H,12-13,16-17H2,1-5H3,(H,35,36). The number of furan rings is 1. The second-order valence-electron chi connectivity index (χ2n) is 10.1. The van der Waals surface area contributed by atoms with Gasteiger partial charge in [0.2, 0.25) is 0 Å². The molecular formula is C27H36N5O8P. The van der Waals surface area contributed by atoms with Gasteiger partial charge in [0.1, 0.15) is 29.8 Å². The lowest BCUT2D eigenvalue weighted by Gasteiger charge is -2.38. The molecule has 1 aliphatic rings. The Morgan fingerprint density at radius 2 is 2.10 bits per heavy atom. The van der Waals surface area contributed by atoms with Crippen LogP contribution in [0.25, 0.3) is 17.0 Å². The molecule has 41 heavy (non-hydrogen) atoms. The number of anilines is 2. The van der Waals surface area contributed by atoms with Crippen LogP contribution in [0.15, 0.2) is 47.0 Å². The highest BCUT2D eigenvalue weighted by Crippen LogP contribution is 2.43. The third-order valence-corrected chi connectivity index (χ3v) is 7.38. The summed E-state index contributed by atoms with van der Waals surface area (Å²) in [6, 6.07) is 9.74. The Balaban J connectivity index is 1.48. The van der Waals surface area contributed by atoms with Crippen molar-refractivity contribution in [1.82, 2.24) is 15.4 Å². The summed E-state index contributed by atoms with van der Waals surface area (Å²) in [5.74, 6) is 0.682. The Morgan fingerprint density at radius 3 is 2.80 bits per heavy atom. The zero-order valence-electron chi connectivity index (χ0n) is 23.7. The molecule has 0 aliphatic carbocycles. The van der Waals surface area contributed by atoms with Gasteiger partial charge in [-0.3, -0.25) is 19.1 Å². The summed E-state index contributed by atoms with van der Waals surface area (Å²) in [5.41, 5.74) is 4.29. The Hall–Kier alpha value is -3.13. The van der Waals surface area contributed by atoms with Crippen LogP contribution < -0.4 is 15.7 Å². The number of nitrogens with zero attached hydrogens (tertiary/aromatic N) is 3. The second kappa shape index (κ2) is 12.8. The first-order chi connectivity index (χ1) is 19.5. The lowest BCUT2D eigenvalue weighted by Crippen LogP contribution is -2.54. The molecule has 3 heterocycles. The molecule has 0 radical (unpaired) electrons. The summed E-state index contributed by atoms with van der Waals surface area (Å²) in [4.78, 5) is 30.6. The number of aromatic nitrogens is 1. The zero-order chi connectivity index (χ0) is 29.8. The average molecular weight is 590 g/mol. The van der Waals surface area contributed by atoms with Gasteiger partial charge in [0, 0.05) is 25.2 Å². The van der Waals surface area contributed by atoms with Crippen molar-refractivity contribution in [3.05, 3.63) is 59.5 Å². The molecular weight excluding hydrogens is 553 g/mol. The molecule has 0 bridgehead atoms. The van der Waals surface area contributed by atoms with Crippen LogP contribution in [0.5, 0.6) is 0 Å². The SMILES string of the molecule is COC(C=Cc1cnc2c(c1)NC(C)(C)C(=O)N2COP(=O)(O)ONCCO)N(C)Cc1oc2ccccc2c1C. The fourth-order valence-electron chi connectivity index (χ4n) is 4.44. The molecule has 14 heteroatoms. The third-order valence-electron chi connectivity index (χ3n) is 6.58. The predicted molar refractivity (Wildman–Crippen MR) is 154 cm³/mol. The van der Waals surface area contributed by atoms with Gasteiger partial charge >= 0.3 is 7.82 Å². The minimum atomic E-state index is -4.55. The lowest BCUT2D eigenvalue weighted by molar-refractivity contribution is -0.123. The summed E-state index contributed by atoms with van der Waals surface area (Å²) in [5, 5.41) is 13.0. The lowest BCUT2D eigenvalue weighted by atomic mass is 9.99. The molecule has 2 unspecified atom stereocenters. The number of amides is 1. The van der Waals surface area contributed by atoms with Crippen LogP contribution in [0, 0.1) is 6.92 Å². The van der Waals surface area contributed by atoms with E-state index in [1.165, 1.54) is 4.90 Å². The topological polar surface area (TPSA) is 159 Å². The number of para-hydroxylation sites is 1. The van der Waals surface area contributed by atoms with E-state index in [1.54, 1.807) is 27.2 Å². The number of carbonyl (C=O) groups excluding carboxylic acids is 1. The number of aryl methyl sites for hydroxylation is 1. The maximum absolute atomic E-state index is 13.1. The highest BCUT2D eigenvalue weighted by Gasteiger charge is 2.40. The van der Waals surface area contributed by atoms with E-state index in [-0.39, 0.29) is 25.2 Å². The largest absolute Gasteiger partial charge is 0.490 e. The third kappa shape index (κ3) is 7.21. The number of aliphatic hydroxyl groups excluding tert-OH is 1. The molecule has 13 nitrogen and oxygen atoms in total. The van der Waals surface area contributed by atoms with Crippen molar-refractivity contribution < 1.29 is 37.7 Å². The van der Waals surface area contributed by atoms with Gasteiger partial charge in [0.05, 0.1) is 18.8 Å². The minimum absolute atomic E-state index is 0.0759. The predicted octanol–water partition coefficient (Wildman–Crippen LogP) is 3.38. The molecule has 222 valence electrons. The number of fused-ring (bicyclic) bond motifs is 2. The van der Waals surface area contributed by atoms with E-state index in [0.717, 1.165) is 27.9 Å². The average Bonchev–Trinajstić information content (AvgIpc) is 3.24. The number of pyridine rings is 1. The van der Waals surface area contributed by atoms with Crippen LogP contribution in [0.4, 0.5) is 11.5 Å². The fourth-order valence-corrected chi connectivity index (χ4v) is 5.00. The van der Waals surface area contributed by atoms with Crippen molar-refractivity contribution in [1.29, 1.82) is 0 Å². The monoisotopic (exact) mass is 589 g/mol. The summed E-state index contributed by atoms with van der Waals surface area (Å²) < 4.78 is 33.5. The number of hydrogen-bond acceptors (Lipinski definition) is 11. The Kier molecular flexibility index (Phi) is 9.62. The number of carbonyl (C=O) groups is 1. The van der Waals surface area contributed by atoms with E-state index in [0.29, 0.717) is 12.2 Å². The van der Waals surface area contributed by atoms with E-state index >= 15 is 0 Å². The van der Waals surface area contributed by atoms with Gasteiger partial charge in [0.25, 0.3) is 5.91 Å². The van der Waals surface area contributed by atoms with Gasteiger partial charge in [-0.2, -0.15) is 10.1 Å². The van der Waals surface area contributed by atoms with E-state index < -0.39 is 26.0 Å². The first kappa shape index (κ1) is 30.8. The van der Waals surface area contributed by atoms with Gasteiger partial charge in [0.15, 0.2) is 5.82 Å². The number of phosphoric ester groups is 1. The van der Waals surface area contributed by atoms with Crippen molar-refractivity contribution in [3.8, 4) is 0 Å². The molecule has 2 atom stereocenters. The van der Waals surface area contributed by atoms with Crippen LogP contribution in [0.3, 0.4) is 0 Å². The Labute approximate surface area is 238 Å². The Bertz CT molecular complexity index is 1460. The van der Waals surface area contributed by atoms with Crippen LogP contribution in [0.2, 0.25) is 0 Å². The number of phosphoric acid groups is 1. The van der Waals surface area contributed by atoms with Crippen molar-refractivity contribution in [3.63, 3.8) is 0 Å². The molecule has 4 N–H and O–H groups in total. The molecule has 3 aromatic rings. The number of likely N-dealkylation sites (N-methyl/N-ethyl adjacent to an activating group) is 1.